The second-order valence-electron chi connectivity index (χ2n) is 5.15. The molecule has 17 heavy (non-hydrogen) atoms. The van der Waals surface area contributed by atoms with Crippen LogP contribution in [0.1, 0.15) is 32.3 Å². The summed E-state index contributed by atoms with van der Waals surface area (Å²) in [6.07, 6.45) is 2.56. The zero-order valence-corrected chi connectivity index (χ0v) is 12.2. The Balaban J connectivity index is 2.27. The first-order valence-electron chi connectivity index (χ1n) is 6.37. The maximum absolute atomic E-state index is 5.85. The van der Waals surface area contributed by atoms with E-state index in [9.17, 15) is 0 Å². The molecule has 94 valence electrons. The fourth-order valence-corrected chi connectivity index (χ4v) is 3.17. The Morgan fingerprint density at radius 1 is 1.41 bits per heavy atom. The summed E-state index contributed by atoms with van der Waals surface area (Å²) in [5, 5.41) is 0. The average Bonchev–Trinajstić information content (AvgIpc) is 2.30. The van der Waals surface area contributed by atoms with Crippen LogP contribution in [0.15, 0.2) is 22.7 Å². The summed E-state index contributed by atoms with van der Waals surface area (Å²) < 4.78 is 1.11. The summed E-state index contributed by atoms with van der Waals surface area (Å²) in [6.45, 7) is 6.42. The van der Waals surface area contributed by atoms with Crippen molar-refractivity contribution in [2.75, 3.05) is 11.4 Å². The number of nitrogens with zero attached hydrogens (tertiary/aromatic N) is 1. The second-order valence-corrected chi connectivity index (χ2v) is 6.06. The monoisotopic (exact) mass is 296 g/mol. The van der Waals surface area contributed by atoms with Gasteiger partial charge in [0, 0.05) is 29.3 Å². The van der Waals surface area contributed by atoms with E-state index >= 15 is 0 Å². The van der Waals surface area contributed by atoms with Crippen LogP contribution in [0.25, 0.3) is 0 Å². The molecule has 1 heterocycles. The van der Waals surface area contributed by atoms with Gasteiger partial charge in [0.25, 0.3) is 0 Å². The van der Waals surface area contributed by atoms with E-state index < -0.39 is 0 Å². The van der Waals surface area contributed by atoms with E-state index in [0.717, 1.165) is 16.9 Å². The number of nitrogens with two attached hydrogens (primary N) is 1. The number of anilines is 1. The van der Waals surface area contributed by atoms with Crippen LogP contribution in [0.5, 0.6) is 0 Å². The number of piperidine rings is 1. The molecule has 0 aromatic heterocycles. The van der Waals surface area contributed by atoms with Crippen LogP contribution < -0.4 is 10.6 Å². The SMILES string of the molecule is CC1CCN(c2ccc(Br)cc2CN)C(C)C1. The van der Waals surface area contributed by atoms with Crippen molar-refractivity contribution in [3.05, 3.63) is 28.2 Å². The molecule has 0 bridgehead atoms. The molecule has 0 saturated carbocycles. The molecule has 2 rings (SSSR count). The number of halogens is 1. The molecular weight excluding hydrogens is 276 g/mol. The van der Waals surface area contributed by atoms with Crippen molar-refractivity contribution in [2.45, 2.75) is 39.3 Å². The van der Waals surface area contributed by atoms with Crippen molar-refractivity contribution in [1.82, 2.24) is 0 Å². The van der Waals surface area contributed by atoms with Gasteiger partial charge in [-0.05, 0) is 49.4 Å². The minimum absolute atomic E-state index is 0.605. The molecule has 2 atom stereocenters. The van der Waals surface area contributed by atoms with Gasteiger partial charge in [0.2, 0.25) is 0 Å². The van der Waals surface area contributed by atoms with Crippen LogP contribution in [0.3, 0.4) is 0 Å². The molecule has 3 heteroatoms. The number of hydrogen-bond donors (Lipinski definition) is 1. The molecule has 1 aliphatic heterocycles. The summed E-state index contributed by atoms with van der Waals surface area (Å²) in [5.41, 5.74) is 8.40. The molecular formula is C14H21BrN2. The third-order valence-corrected chi connectivity index (χ3v) is 4.20. The van der Waals surface area contributed by atoms with Crippen LogP contribution in [-0.4, -0.2) is 12.6 Å². The van der Waals surface area contributed by atoms with E-state index in [0.29, 0.717) is 12.6 Å². The maximum atomic E-state index is 5.85. The van der Waals surface area contributed by atoms with E-state index in [2.05, 4.69) is 52.9 Å². The highest BCUT2D eigenvalue weighted by atomic mass is 79.9. The van der Waals surface area contributed by atoms with Crippen molar-refractivity contribution in [3.8, 4) is 0 Å². The van der Waals surface area contributed by atoms with Gasteiger partial charge in [-0.15, -0.1) is 0 Å². The molecule has 0 spiro atoms. The van der Waals surface area contributed by atoms with Gasteiger partial charge in [-0.3, -0.25) is 0 Å². The van der Waals surface area contributed by atoms with Crippen LogP contribution in [0, 0.1) is 5.92 Å². The first-order valence-corrected chi connectivity index (χ1v) is 7.16. The Hall–Kier alpha value is -0.540. The highest BCUT2D eigenvalue weighted by Crippen LogP contribution is 2.31. The van der Waals surface area contributed by atoms with Crippen molar-refractivity contribution >= 4 is 21.6 Å². The van der Waals surface area contributed by atoms with E-state index in [1.54, 1.807) is 0 Å². The van der Waals surface area contributed by atoms with E-state index in [1.165, 1.54) is 24.1 Å². The van der Waals surface area contributed by atoms with Crippen LogP contribution in [-0.2, 0) is 6.54 Å². The smallest absolute Gasteiger partial charge is 0.0414 e. The molecule has 0 amide bonds. The zero-order chi connectivity index (χ0) is 12.4. The van der Waals surface area contributed by atoms with Crippen molar-refractivity contribution in [1.29, 1.82) is 0 Å². The Labute approximate surface area is 112 Å². The molecule has 1 aliphatic rings. The standard InChI is InChI=1S/C14H21BrN2/c1-10-5-6-17(11(2)7-10)14-4-3-13(15)8-12(14)9-16/h3-4,8,10-11H,5-7,9,16H2,1-2H3. The highest BCUT2D eigenvalue weighted by Gasteiger charge is 2.24. The molecule has 2 nitrogen and oxygen atoms in total. The summed E-state index contributed by atoms with van der Waals surface area (Å²) >= 11 is 3.51. The Morgan fingerprint density at radius 2 is 2.18 bits per heavy atom. The molecule has 1 fully saturated rings. The number of rotatable bonds is 2. The van der Waals surface area contributed by atoms with Crippen molar-refractivity contribution < 1.29 is 0 Å². The van der Waals surface area contributed by atoms with Gasteiger partial charge in [0.1, 0.15) is 0 Å². The zero-order valence-electron chi connectivity index (χ0n) is 10.6. The van der Waals surface area contributed by atoms with Gasteiger partial charge >= 0.3 is 0 Å². The predicted octanol–water partition coefficient (Wildman–Crippen LogP) is 3.53. The van der Waals surface area contributed by atoms with Crippen molar-refractivity contribution in [3.63, 3.8) is 0 Å². The molecule has 1 aromatic carbocycles. The third-order valence-electron chi connectivity index (χ3n) is 3.71. The first-order chi connectivity index (χ1) is 8.11. The minimum atomic E-state index is 0.605. The fraction of sp³-hybridized carbons (Fsp3) is 0.571. The average molecular weight is 297 g/mol. The predicted molar refractivity (Wildman–Crippen MR) is 77.2 cm³/mol. The molecule has 1 saturated heterocycles. The first kappa shape index (κ1) is 12.9. The summed E-state index contributed by atoms with van der Waals surface area (Å²) in [7, 11) is 0. The number of benzene rings is 1. The maximum Gasteiger partial charge on any atom is 0.0414 e. The lowest BCUT2D eigenvalue weighted by atomic mass is 9.92. The molecule has 1 aromatic rings. The Kier molecular flexibility index (Phi) is 4.10. The van der Waals surface area contributed by atoms with Crippen LogP contribution >= 0.6 is 15.9 Å². The lowest BCUT2D eigenvalue weighted by molar-refractivity contribution is 0.377. The molecule has 2 unspecified atom stereocenters. The van der Waals surface area contributed by atoms with Gasteiger partial charge in [-0.2, -0.15) is 0 Å². The van der Waals surface area contributed by atoms with E-state index in [1.807, 2.05) is 0 Å². The van der Waals surface area contributed by atoms with E-state index in [-0.39, 0.29) is 0 Å². The Bertz CT molecular complexity index is 392. The second kappa shape index (κ2) is 5.40. The van der Waals surface area contributed by atoms with Gasteiger partial charge in [-0.1, -0.05) is 22.9 Å². The van der Waals surface area contributed by atoms with E-state index in [4.69, 9.17) is 5.73 Å². The quantitative estimate of drug-likeness (QED) is 0.905. The fourth-order valence-electron chi connectivity index (χ4n) is 2.76. The normalized spacial score (nSPS) is 25.1. The minimum Gasteiger partial charge on any atom is -0.369 e. The van der Waals surface area contributed by atoms with Gasteiger partial charge in [-0.25, -0.2) is 0 Å². The lowest BCUT2D eigenvalue weighted by Crippen LogP contribution is -2.40. The lowest BCUT2D eigenvalue weighted by Gasteiger charge is -2.39. The topological polar surface area (TPSA) is 29.3 Å². The third kappa shape index (κ3) is 2.83. The molecule has 0 aliphatic carbocycles. The summed E-state index contributed by atoms with van der Waals surface area (Å²) in [4.78, 5) is 2.51. The van der Waals surface area contributed by atoms with Crippen molar-refractivity contribution in [2.24, 2.45) is 11.7 Å². The Morgan fingerprint density at radius 3 is 2.82 bits per heavy atom. The summed E-state index contributed by atoms with van der Waals surface area (Å²) in [6, 6.07) is 7.06. The molecule has 2 N–H and O–H groups in total. The van der Waals surface area contributed by atoms with Crippen LogP contribution in [0.2, 0.25) is 0 Å². The van der Waals surface area contributed by atoms with Gasteiger partial charge in [0.15, 0.2) is 0 Å². The number of hydrogen-bond acceptors (Lipinski definition) is 2. The van der Waals surface area contributed by atoms with Gasteiger partial charge < -0.3 is 10.6 Å². The van der Waals surface area contributed by atoms with Gasteiger partial charge in [0.05, 0.1) is 0 Å². The largest absolute Gasteiger partial charge is 0.369 e. The molecule has 0 radical (unpaired) electrons. The van der Waals surface area contributed by atoms with Crippen LogP contribution in [0.4, 0.5) is 5.69 Å². The highest BCUT2D eigenvalue weighted by molar-refractivity contribution is 9.10. The summed E-state index contributed by atoms with van der Waals surface area (Å²) in [5.74, 6) is 0.845.